The maximum Gasteiger partial charge on any atom is 0.0547 e. The molecule has 0 aromatic rings. The minimum Gasteiger partial charge on any atom is -0.381 e. The van der Waals surface area contributed by atoms with E-state index in [1.165, 1.54) is 0 Å². The molecule has 4 nitrogen and oxygen atoms in total. The first-order valence-electron chi connectivity index (χ1n) is 5.69. The predicted octanol–water partition coefficient (Wildman–Crippen LogP) is -0.155. The molecule has 0 bridgehead atoms. The van der Waals surface area contributed by atoms with Crippen molar-refractivity contribution in [1.82, 2.24) is 9.80 Å². The van der Waals surface area contributed by atoms with Crippen molar-refractivity contribution >= 4 is 0 Å². The number of rotatable bonds is 6. The SMILES string of the molecule is CN(C)CCN(C)CC1(CN)CCOC1. The molecule has 4 heteroatoms. The van der Waals surface area contributed by atoms with Gasteiger partial charge in [-0.3, -0.25) is 0 Å². The molecule has 0 aliphatic carbocycles. The first kappa shape index (κ1) is 12.9. The molecule has 2 N–H and O–H groups in total. The topological polar surface area (TPSA) is 41.7 Å². The van der Waals surface area contributed by atoms with Gasteiger partial charge in [0.1, 0.15) is 0 Å². The molecule has 0 aromatic carbocycles. The predicted molar refractivity (Wildman–Crippen MR) is 63.0 cm³/mol. The normalized spacial score (nSPS) is 26.8. The monoisotopic (exact) mass is 215 g/mol. The highest BCUT2D eigenvalue weighted by molar-refractivity contribution is 4.86. The van der Waals surface area contributed by atoms with Gasteiger partial charge in [-0.2, -0.15) is 0 Å². The summed E-state index contributed by atoms with van der Waals surface area (Å²) >= 11 is 0. The lowest BCUT2D eigenvalue weighted by Gasteiger charge is -2.31. The van der Waals surface area contributed by atoms with E-state index in [1.54, 1.807) is 0 Å². The average Bonchev–Trinajstić information content (AvgIpc) is 2.64. The van der Waals surface area contributed by atoms with Gasteiger partial charge < -0.3 is 20.3 Å². The molecule has 1 heterocycles. The van der Waals surface area contributed by atoms with E-state index in [4.69, 9.17) is 10.5 Å². The van der Waals surface area contributed by atoms with E-state index < -0.39 is 0 Å². The van der Waals surface area contributed by atoms with E-state index in [0.717, 1.165) is 45.8 Å². The maximum atomic E-state index is 5.86. The van der Waals surface area contributed by atoms with Crippen LogP contribution in [0.25, 0.3) is 0 Å². The van der Waals surface area contributed by atoms with E-state index in [2.05, 4.69) is 30.9 Å². The minimum atomic E-state index is 0.209. The van der Waals surface area contributed by atoms with Crippen LogP contribution in [-0.4, -0.2) is 70.3 Å². The Bertz CT molecular complexity index is 179. The number of nitrogens with zero attached hydrogens (tertiary/aromatic N) is 2. The van der Waals surface area contributed by atoms with E-state index >= 15 is 0 Å². The van der Waals surface area contributed by atoms with Crippen LogP contribution < -0.4 is 5.73 Å². The minimum absolute atomic E-state index is 0.209. The van der Waals surface area contributed by atoms with E-state index in [-0.39, 0.29) is 5.41 Å². The highest BCUT2D eigenvalue weighted by Crippen LogP contribution is 2.27. The summed E-state index contributed by atoms with van der Waals surface area (Å²) < 4.78 is 5.46. The van der Waals surface area contributed by atoms with E-state index in [9.17, 15) is 0 Å². The van der Waals surface area contributed by atoms with Gasteiger partial charge in [-0.25, -0.2) is 0 Å². The summed E-state index contributed by atoms with van der Waals surface area (Å²) in [6.07, 6.45) is 1.11. The van der Waals surface area contributed by atoms with Gasteiger partial charge in [0.05, 0.1) is 6.61 Å². The zero-order valence-corrected chi connectivity index (χ0v) is 10.3. The molecule has 90 valence electrons. The fourth-order valence-electron chi connectivity index (χ4n) is 2.02. The fraction of sp³-hybridized carbons (Fsp3) is 1.00. The van der Waals surface area contributed by atoms with Crippen molar-refractivity contribution in [3.8, 4) is 0 Å². The van der Waals surface area contributed by atoms with Crippen LogP contribution in [0.15, 0.2) is 0 Å². The number of hydrogen-bond donors (Lipinski definition) is 1. The third-order valence-corrected chi connectivity index (χ3v) is 3.15. The molecule has 0 saturated carbocycles. The summed E-state index contributed by atoms with van der Waals surface area (Å²) in [5, 5.41) is 0. The lowest BCUT2D eigenvalue weighted by molar-refractivity contribution is 0.122. The Kier molecular flexibility index (Phi) is 4.99. The van der Waals surface area contributed by atoms with Gasteiger partial charge in [-0.05, 0) is 27.6 Å². The van der Waals surface area contributed by atoms with Crippen LogP contribution in [0, 0.1) is 5.41 Å². The van der Waals surface area contributed by atoms with Gasteiger partial charge >= 0.3 is 0 Å². The lowest BCUT2D eigenvalue weighted by atomic mass is 9.87. The Labute approximate surface area is 93.4 Å². The fourth-order valence-corrected chi connectivity index (χ4v) is 2.02. The van der Waals surface area contributed by atoms with Crippen molar-refractivity contribution in [3.05, 3.63) is 0 Å². The summed E-state index contributed by atoms with van der Waals surface area (Å²) in [7, 11) is 6.37. The van der Waals surface area contributed by atoms with E-state index in [1.807, 2.05) is 0 Å². The van der Waals surface area contributed by atoms with Gasteiger partial charge in [-0.15, -0.1) is 0 Å². The maximum absolute atomic E-state index is 5.86. The molecule has 1 aliphatic rings. The molecule has 15 heavy (non-hydrogen) atoms. The molecule has 1 unspecified atom stereocenters. The quantitative estimate of drug-likeness (QED) is 0.669. The second-order valence-corrected chi connectivity index (χ2v) is 5.05. The van der Waals surface area contributed by atoms with Crippen LogP contribution in [0.2, 0.25) is 0 Å². The Morgan fingerprint density at radius 3 is 2.47 bits per heavy atom. The highest BCUT2D eigenvalue weighted by atomic mass is 16.5. The summed E-state index contributed by atoms with van der Waals surface area (Å²) in [6, 6.07) is 0. The number of hydrogen-bond acceptors (Lipinski definition) is 4. The third-order valence-electron chi connectivity index (χ3n) is 3.15. The number of likely N-dealkylation sites (N-methyl/N-ethyl adjacent to an activating group) is 2. The molecule has 1 fully saturated rings. The molecule has 0 spiro atoms. The van der Waals surface area contributed by atoms with Crippen molar-refractivity contribution in [1.29, 1.82) is 0 Å². The first-order valence-corrected chi connectivity index (χ1v) is 5.69. The molecule has 0 radical (unpaired) electrons. The molecule has 1 aliphatic heterocycles. The van der Waals surface area contributed by atoms with Gasteiger partial charge in [0.15, 0.2) is 0 Å². The molecule has 0 aromatic heterocycles. The van der Waals surface area contributed by atoms with Gasteiger partial charge in [0, 0.05) is 38.2 Å². The second-order valence-electron chi connectivity index (χ2n) is 5.05. The summed E-state index contributed by atoms with van der Waals surface area (Å²) in [6.45, 7) is 5.68. The van der Waals surface area contributed by atoms with Crippen LogP contribution in [0.1, 0.15) is 6.42 Å². The smallest absolute Gasteiger partial charge is 0.0547 e. The highest BCUT2D eigenvalue weighted by Gasteiger charge is 2.34. The van der Waals surface area contributed by atoms with Crippen LogP contribution in [0.5, 0.6) is 0 Å². The van der Waals surface area contributed by atoms with Crippen LogP contribution in [-0.2, 0) is 4.74 Å². The Balaban J connectivity index is 2.31. The largest absolute Gasteiger partial charge is 0.381 e. The summed E-state index contributed by atoms with van der Waals surface area (Å²) in [5.74, 6) is 0. The first-order chi connectivity index (χ1) is 7.08. The average molecular weight is 215 g/mol. The lowest BCUT2D eigenvalue weighted by Crippen LogP contribution is -2.43. The van der Waals surface area contributed by atoms with E-state index in [0.29, 0.717) is 0 Å². The molecular weight excluding hydrogens is 190 g/mol. The zero-order valence-electron chi connectivity index (χ0n) is 10.3. The van der Waals surface area contributed by atoms with Crippen LogP contribution in [0.3, 0.4) is 0 Å². The number of ether oxygens (including phenoxy) is 1. The Morgan fingerprint density at radius 1 is 1.27 bits per heavy atom. The molecule has 1 rings (SSSR count). The van der Waals surface area contributed by atoms with Crippen molar-refractivity contribution in [2.75, 3.05) is 60.5 Å². The molecule has 1 saturated heterocycles. The van der Waals surface area contributed by atoms with Crippen molar-refractivity contribution < 1.29 is 4.74 Å². The van der Waals surface area contributed by atoms with Crippen LogP contribution >= 0.6 is 0 Å². The van der Waals surface area contributed by atoms with Crippen molar-refractivity contribution in [2.45, 2.75) is 6.42 Å². The molecule has 0 amide bonds. The zero-order chi connectivity index (χ0) is 11.3. The molecule has 1 atom stereocenters. The van der Waals surface area contributed by atoms with Crippen molar-refractivity contribution in [2.24, 2.45) is 11.1 Å². The summed E-state index contributed by atoms with van der Waals surface area (Å²) in [5.41, 5.74) is 6.07. The summed E-state index contributed by atoms with van der Waals surface area (Å²) in [4.78, 5) is 4.57. The van der Waals surface area contributed by atoms with Gasteiger partial charge in [-0.1, -0.05) is 0 Å². The standard InChI is InChI=1S/C11H25N3O/c1-13(2)5-6-14(3)9-11(8-12)4-7-15-10-11/h4-10,12H2,1-3H3. The van der Waals surface area contributed by atoms with Crippen molar-refractivity contribution in [3.63, 3.8) is 0 Å². The number of nitrogens with two attached hydrogens (primary N) is 1. The van der Waals surface area contributed by atoms with Gasteiger partial charge in [0.25, 0.3) is 0 Å². The van der Waals surface area contributed by atoms with Gasteiger partial charge in [0.2, 0.25) is 0 Å². The Morgan fingerprint density at radius 2 is 2.00 bits per heavy atom. The molecular formula is C11H25N3O. The second kappa shape index (κ2) is 5.80. The Hall–Kier alpha value is -0.160. The van der Waals surface area contributed by atoms with Crippen LogP contribution in [0.4, 0.5) is 0 Å². The third kappa shape index (κ3) is 4.07.